The zero-order valence-corrected chi connectivity index (χ0v) is 16.8. The Balaban J connectivity index is 2.33. The summed E-state index contributed by atoms with van der Waals surface area (Å²) in [6.07, 6.45) is 7.68. The van der Waals surface area contributed by atoms with Gasteiger partial charge in [0.25, 0.3) is 0 Å². The Morgan fingerprint density at radius 2 is 1.89 bits per heavy atom. The number of ether oxygens (including phenoxy) is 1. The number of esters is 1. The Kier molecular flexibility index (Phi) is 10.0. The van der Waals surface area contributed by atoms with Crippen LogP contribution in [0.4, 0.5) is 0 Å². The van der Waals surface area contributed by atoms with Crippen LogP contribution in [0.25, 0.3) is 0 Å². The Bertz CT molecular complexity index is 801. The molecule has 1 aromatic rings. The molecule has 1 aromatic heterocycles. The molecule has 7 nitrogen and oxygen atoms in total. The molecule has 0 aliphatic rings. The molecular weight excluding hydrogens is 416 g/mol. The zero-order chi connectivity index (χ0) is 20.2. The van der Waals surface area contributed by atoms with Crippen molar-refractivity contribution in [3.63, 3.8) is 0 Å². The molecule has 0 saturated carbocycles. The molecule has 0 aromatic carbocycles. The highest BCUT2D eigenvalue weighted by Gasteiger charge is 2.13. The first kappa shape index (κ1) is 22.6. The number of hydrogen-bond acceptors (Lipinski definition) is 5. The van der Waals surface area contributed by atoms with Crippen LogP contribution >= 0.6 is 15.9 Å². The number of aromatic nitrogens is 2. The molecule has 8 heteroatoms. The van der Waals surface area contributed by atoms with Crippen LogP contribution in [0, 0.1) is 6.92 Å². The predicted octanol–water partition coefficient (Wildman–Crippen LogP) is 2.93. The summed E-state index contributed by atoms with van der Waals surface area (Å²) in [5, 5.41) is 0.601. The maximum absolute atomic E-state index is 12.0. The molecule has 27 heavy (non-hydrogen) atoms. The minimum Gasteiger partial charge on any atom is -0.457 e. The fourth-order valence-corrected chi connectivity index (χ4v) is 2.46. The normalized spacial score (nSPS) is 11.6. The van der Waals surface area contributed by atoms with Gasteiger partial charge in [0, 0.05) is 29.4 Å². The summed E-state index contributed by atoms with van der Waals surface area (Å²) in [5.41, 5.74) is 0.755. The number of aryl methyl sites for hydroxylation is 1. The number of alkyl halides is 1. The average molecular weight is 439 g/mol. The third kappa shape index (κ3) is 8.17. The average Bonchev–Trinajstić information content (AvgIpc) is 2.98. The van der Waals surface area contributed by atoms with Crippen LogP contribution in [0.2, 0.25) is 0 Å². The summed E-state index contributed by atoms with van der Waals surface area (Å²) in [5.74, 6) is -1.00. The second-order valence-electron chi connectivity index (χ2n) is 5.71. The number of rotatable bonds is 12. The lowest BCUT2D eigenvalue weighted by atomic mass is 10.1. The number of imidazole rings is 1. The van der Waals surface area contributed by atoms with Crippen molar-refractivity contribution in [2.24, 2.45) is 0 Å². The SMILES string of the molecule is C=C/C=C(\C=C/CBr)C(=O)COC(=O)CCCCC(=O)c1[nH]c(=O)[nH]c1C. The van der Waals surface area contributed by atoms with E-state index in [4.69, 9.17) is 4.74 Å². The van der Waals surface area contributed by atoms with E-state index in [-0.39, 0.29) is 36.7 Å². The lowest BCUT2D eigenvalue weighted by molar-refractivity contribution is -0.147. The van der Waals surface area contributed by atoms with Gasteiger partial charge in [-0.1, -0.05) is 46.8 Å². The lowest BCUT2D eigenvalue weighted by Gasteiger charge is -2.05. The quantitative estimate of drug-likeness (QED) is 0.130. The fourth-order valence-electron chi connectivity index (χ4n) is 2.27. The highest BCUT2D eigenvalue weighted by Crippen LogP contribution is 2.09. The Morgan fingerprint density at radius 1 is 1.19 bits per heavy atom. The topological polar surface area (TPSA) is 109 Å². The largest absolute Gasteiger partial charge is 0.457 e. The first-order valence-electron chi connectivity index (χ1n) is 8.45. The van der Waals surface area contributed by atoms with Gasteiger partial charge in [-0.05, 0) is 19.8 Å². The van der Waals surface area contributed by atoms with E-state index in [9.17, 15) is 19.2 Å². The summed E-state index contributed by atoms with van der Waals surface area (Å²) in [6, 6.07) is 0. The van der Waals surface area contributed by atoms with Crippen LogP contribution in [0.15, 0.2) is 41.3 Å². The molecular formula is C19H23BrN2O5. The lowest BCUT2D eigenvalue weighted by Crippen LogP contribution is -2.15. The van der Waals surface area contributed by atoms with Gasteiger partial charge in [0.1, 0.15) is 5.69 Å². The zero-order valence-electron chi connectivity index (χ0n) is 15.2. The van der Waals surface area contributed by atoms with E-state index in [0.717, 1.165) is 0 Å². The van der Waals surface area contributed by atoms with Crippen LogP contribution in [-0.2, 0) is 14.3 Å². The Hall–Kier alpha value is -2.48. The molecule has 0 unspecified atom stereocenters. The molecule has 0 spiro atoms. The number of unbranched alkanes of at least 4 members (excludes halogenated alkanes) is 1. The third-order valence-corrected chi connectivity index (χ3v) is 3.97. The number of carbonyl (C=O) groups excluding carboxylic acids is 3. The van der Waals surface area contributed by atoms with Crippen molar-refractivity contribution in [3.8, 4) is 0 Å². The van der Waals surface area contributed by atoms with Crippen molar-refractivity contribution < 1.29 is 19.1 Å². The van der Waals surface area contributed by atoms with Gasteiger partial charge in [-0.15, -0.1) is 0 Å². The third-order valence-electron chi connectivity index (χ3n) is 3.60. The number of hydrogen-bond donors (Lipinski definition) is 2. The molecule has 0 aliphatic heterocycles. The van der Waals surface area contributed by atoms with Crippen molar-refractivity contribution in [1.29, 1.82) is 0 Å². The number of nitrogens with one attached hydrogen (secondary N) is 2. The van der Waals surface area contributed by atoms with Gasteiger partial charge in [0.05, 0.1) is 0 Å². The molecule has 0 saturated heterocycles. The minimum absolute atomic E-state index is 0.112. The predicted molar refractivity (Wildman–Crippen MR) is 106 cm³/mol. The highest BCUT2D eigenvalue weighted by atomic mass is 79.9. The van der Waals surface area contributed by atoms with Crippen LogP contribution in [0.3, 0.4) is 0 Å². The van der Waals surface area contributed by atoms with Crippen molar-refractivity contribution in [1.82, 2.24) is 9.97 Å². The molecule has 146 valence electrons. The van der Waals surface area contributed by atoms with Gasteiger partial charge < -0.3 is 14.7 Å². The molecule has 1 heterocycles. The highest BCUT2D eigenvalue weighted by molar-refractivity contribution is 9.09. The van der Waals surface area contributed by atoms with Crippen molar-refractivity contribution in [2.75, 3.05) is 11.9 Å². The number of allylic oxidation sites excluding steroid dienone is 4. The summed E-state index contributed by atoms with van der Waals surface area (Å²) in [6.45, 7) is 4.85. The second-order valence-corrected chi connectivity index (χ2v) is 6.36. The standard InChI is InChI=1S/C19H23BrN2O5/c1-3-7-14(8-6-11-20)16(24)12-27-17(25)10-5-4-9-15(23)18-13(2)21-19(26)22-18/h3,6-8H,1,4-5,9-12H2,2H3,(H2,21,22,26)/b8-6-,14-7+. The van der Waals surface area contributed by atoms with E-state index in [1.807, 2.05) is 0 Å². The molecule has 0 atom stereocenters. The van der Waals surface area contributed by atoms with Crippen molar-refractivity contribution >= 4 is 33.5 Å². The molecule has 2 N–H and O–H groups in total. The van der Waals surface area contributed by atoms with E-state index in [1.54, 1.807) is 25.2 Å². The fraction of sp³-hybridized carbons (Fsp3) is 0.368. The number of halogens is 1. The van der Waals surface area contributed by atoms with Gasteiger partial charge in [-0.3, -0.25) is 14.4 Å². The number of carbonyl (C=O) groups is 3. The number of aromatic amines is 2. The molecule has 1 rings (SSSR count). The first-order chi connectivity index (χ1) is 12.9. The summed E-state index contributed by atoms with van der Waals surface area (Å²) in [7, 11) is 0. The van der Waals surface area contributed by atoms with E-state index < -0.39 is 11.7 Å². The van der Waals surface area contributed by atoms with Crippen molar-refractivity contribution in [2.45, 2.75) is 32.6 Å². The van der Waals surface area contributed by atoms with Crippen LogP contribution in [0.1, 0.15) is 41.9 Å². The van der Waals surface area contributed by atoms with Gasteiger partial charge in [-0.25, -0.2) is 4.79 Å². The number of H-pyrrole nitrogens is 2. The van der Waals surface area contributed by atoms with E-state index in [0.29, 0.717) is 29.4 Å². The maximum atomic E-state index is 12.0. The number of ketones is 2. The van der Waals surface area contributed by atoms with Crippen molar-refractivity contribution in [3.05, 3.63) is 58.3 Å². The molecule has 0 radical (unpaired) electrons. The summed E-state index contributed by atoms with van der Waals surface area (Å²) >= 11 is 3.23. The summed E-state index contributed by atoms with van der Waals surface area (Å²) in [4.78, 5) is 51.8. The van der Waals surface area contributed by atoms with Gasteiger partial charge in [0.15, 0.2) is 18.2 Å². The molecule has 0 bridgehead atoms. The van der Waals surface area contributed by atoms with Crippen LogP contribution < -0.4 is 5.69 Å². The minimum atomic E-state index is -0.496. The first-order valence-corrected chi connectivity index (χ1v) is 9.57. The monoisotopic (exact) mass is 438 g/mol. The Labute approximate surface area is 165 Å². The maximum Gasteiger partial charge on any atom is 0.323 e. The smallest absolute Gasteiger partial charge is 0.323 e. The number of Topliss-reactive ketones (excluding diaryl/α,β-unsaturated/α-hetero) is 2. The molecule has 0 aliphatic carbocycles. The Morgan fingerprint density at radius 3 is 2.48 bits per heavy atom. The van der Waals surface area contributed by atoms with E-state index in [2.05, 4.69) is 32.5 Å². The molecule has 0 fully saturated rings. The van der Waals surface area contributed by atoms with Gasteiger partial charge in [0.2, 0.25) is 0 Å². The van der Waals surface area contributed by atoms with Gasteiger partial charge >= 0.3 is 11.7 Å². The summed E-state index contributed by atoms with van der Waals surface area (Å²) < 4.78 is 4.98. The van der Waals surface area contributed by atoms with E-state index >= 15 is 0 Å². The second kappa shape index (κ2) is 12.0. The van der Waals surface area contributed by atoms with E-state index in [1.165, 1.54) is 6.08 Å². The molecule has 0 amide bonds. The van der Waals surface area contributed by atoms with Crippen LogP contribution in [0.5, 0.6) is 0 Å². The van der Waals surface area contributed by atoms with Gasteiger partial charge in [-0.2, -0.15) is 0 Å². The van der Waals surface area contributed by atoms with Crippen LogP contribution in [-0.4, -0.2) is 39.4 Å².